The largest absolute Gasteiger partial charge is 0.332 e. The molecule has 0 radical (unpaired) electrons. The van der Waals surface area contributed by atoms with Gasteiger partial charge in [-0.1, -0.05) is 30.3 Å². The number of para-hydroxylation sites is 1. The molecular weight excluding hydrogens is 368 g/mol. The maximum atomic E-state index is 12.1. The number of nitrogens with one attached hydrogen (secondary N) is 2. The van der Waals surface area contributed by atoms with E-state index in [0.717, 1.165) is 21.1 Å². The minimum Gasteiger partial charge on any atom is -0.332 e. The van der Waals surface area contributed by atoms with Crippen LogP contribution in [0.25, 0.3) is 0 Å². The summed E-state index contributed by atoms with van der Waals surface area (Å²) in [4.78, 5) is 13.9. The number of benzene rings is 2. The van der Waals surface area contributed by atoms with Gasteiger partial charge in [-0.2, -0.15) is 0 Å². The summed E-state index contributed by atoms with van der Waals surface area (Å²) in [7, 11) is 0. The third-order valence-corrected chi connectivity index (χ3v) is 5.40. The summed E-state index contributed by atoms with van der Waals surface area (Å²) in [6.07, 6.45) is 0. The maximum Gasteiger partial charge on any atom is 0.182 e. The van der Waals surface area contributed by atoms with E-state index in [1.165, 1.54) is 23.1 Å². The first kappa shape index (κ1) is 17.7. The van der Waals surface area contributed by atoms with Gasteiger partial charge in [0, 0.05) is 16.3 Å². The number of hydrogen-bond donors (Lipinski definition) is 2. The molecule has 0 atom stereocenters. The number of carbonyl (C=O) groups excluding carboxylic acids is 1. The van der Waals surface area contributed by atoms with E-state index < -0.39 is 0 Å². The number of anilines is 2. The molecule has 0 saturated carbocycles. The monoisotopic (exact) mass is 384 g/mol. The zero-order chi connectivity index (χ0) is 17.5. The Morgan fingerprint density at radius 1 is 0.960 bits per heavy atom. The lowest BCUT2D eigenvalue weighted by Gasteiger charge is -2.11. The molecule has 3 nitrogen and oxygen atoms in total. The third kappa shape index (κ3) is 5.42. The molecule has 0 spiro atoms. The van der Waals surface area contributed by atoms with E-state index in [1.54, 1.807) is 0 Å². The number of ketones is 1. The van der Waals surface area contributed by atoms with Gasteiger partial charge < -0.3 is 10.6 Å². The molecule has 3 rings (SSSR count). The normalized spacial score (nSPS) is 10.2. The van der Waals surface area contributed by atoms with Crippen molar-refractivity contribution >= 4 is 57.6 Å². The van der Waals surface area contributed by atoms with Crippen molar-refractivity contribution in [3.8, 4) is 0 Å². The number of thioether (sulfide) groups is 1. The van der Waals surface area contributed by atoms with Crippen LogP contribution in [0, 0.1) is 0 Å². The second kappa shape index (κ2) is 8.80. The highest BCUT2D eigenvalue weighted by Gasteiger charge is 2.08. The van der Waals surface area contributed by atoms with Crippen LogP contribution in [0.5, 0.6) is 0 Å². The topological polar surface area (TPSA) is 41.1 Å². The summed E-state index contributed by atoms with van der Waals surface area (Å²) in [6, 6.07) is 21.4. The van der Waals surface area contributed by atoms with Crippen molar-refractivity contribution in [1.82, 2.24) is 0 Å². The summed E-state index contributed by atoms with van der Waals surface area (Å²) in [5.74, 6) is 0.580. The molecule has 0 amide bonds. The SMILES string of the molecule is O=C(CSc1cccc(NC(=S)Nc2ccccc2)c1)c1cccs1. The standard InChI is InChI=1S/C19H16N2OS3/c22-17(18-10-5-11-24-18)13-25-16-9-4-8-15(12-16)21-19(23)20-14-6-2-1-3-7-14/h1-12H,13H2,(H2,20,21,23). The first-order valence-corrected chi connectivity index (χ1v) is 9.91. The van der Waals surface area contributed by atoms with Crippen molar-refractivity contribution < 1.29 is 4.79 Å². The lowest BCUT2D eigenvalue weighted by molar-refractivity contribution is 0.102. The second-order valence-corrected chi connectivity index (χ2v) is 7.57. The molecule has 1 heterocycles. The Bertz CT molecular complexity index is 848. The third-order valence-electron chi connectivity index (χ3n) is 3.29. The predicted octanol–water partition coefficient (Wildman–Crippen LogP) is 5.53. The number of rotatable bonds is 6. The molecule has 2 N–H and O–H groups in total. The number of thiocarbonyl (C=S) groups is 1. The molecule has 0 aliphatic heterocycles. The second-order valence-electron chi connectivity index (χ2n) is 5.16. The van der Waals surface area contributed by atoms with E-state index in [0.29, 0.717) is 10.9 Å². The van der Waals surface area contributed by atoms with E-state index in [9.17, 15) is 4.79 Å². The van der Waals surface area contributed by atoms with Crippen LogP contribution < -0.4 is 10.6 Å². The molecule has 2 aromatic carbocycles. The van der Waals surface area contributed by atoms with Gasteiger partial charge in [-0.15, -0.1) is 23.1 Å². The van der Waals surface area contributed by atoms with Crippen LogP contribution >= 0.6 is 35.3 Å². The van der Waals surface area contributed by atoms with Gasteiger partial charge in [0.15, 0.2) is 10.9 Å². The zero-order valence-corrected chi connectivity index (χ0v) is 15.7. The molecule has 0 bridgehead atoms. The predicted molar refractivity (Wildman–Crippen MR) is 112 cm³/mol. The van der Waals surface area contributed by atoms with Crippen LogP contribution in [-0.2, 0) is 0 Å². The Balaban J connectivity index is 1.56. The van der Waals surface area contributed by atoms with Gasteiger partial charge >= 0.3 is 0 Å². The Hall–Kier alpha value is -2.15. The number of Topliss-reactive ketones (excluding diaryl/α,β-unsaturated/α-hetero) is 1. The van der Waals surface area contributed by atoms with Crippen molar-refractivity contribution in [2.75, 3.05) is 16.4 Å². The highest BCUT2D eigenvalue weighted by molar-refractivity contribution is 8.00. The Labute approximate surface area is 160 Å². The fraction of sp³-hybridized carbons (Fsp3) is 0.0526. The summed E-state index contributed by atoms with van der Waals surface area (Å²) < 4.78 is 0. The van der Waals surface area contributed by atoms with E-state index >= 15 is 0 Å². The fourth-order valence-corrected chi connectivity index (χ4v) is 3.97. The summed E-state index contributed by atoms with van der Waals surface area (Å²) in [5.41, 5.74) is 1.83. The Kier molecular flexibility index (Phi) is 6.22. The molecule has 0 fully saturated rings. The van der Waals surface area contributed by atoms with Crippen molar-refractivity contribution in [3.63, 3.8) is 0 Å². The van der Waals surface area contributed by atoms with Crippen molar-refractivity contribution in [3.05, 3.63) is 77.0 Å². The molecule has 126 valence electrons. The fourth-order valence-electron chi connectivity index (χ4n) is 2.14. The smallest absolute Gasteiger partial charge is 0.182 e. The van der Waals surface area contributed by atoms with E-state index in [2.05, 4.69) is 10.6 Å². The van der Waals surface area contributed by atoms with Gasteiger partial charge in [0.1, 0.15) is 0 Å². The van der Waals surface area contributed by atoms with Crippen LogP contribution in [0.1, 0.15) is 9.67 Å². The summed E-state index contributed by atoms with van der Waals surface area (Å²) in [6.45, 7) is 0. The summed E-state index contributed by atoms with van der Waals surface area (Å²) >= 11 is 8.34. The molecule has 1 aromatic heterocycles. The Morgan fingerprint density at radius 3 is 2.48 bits per heavy atom. The Morgan fingerprint density at radius 2 is 1.72 bits per heavy atom. The molecule has 25 heavy (non-hydrogen) atoms. The van der Waals surface area contributed by atoms with Gasteiger partial charge in [0.25, 0.3) is 0 Å². The molecule has 0 aliphatic rings. The molecule has 0 aliphatic carbocycles. The molecule has 0 saturated heterocycles. The van der Waals surface area contributed by atoms with Crippen molar-refractivity contribution in [2.45, 2.75) is 4.90 Å². The molecule has 3 aromatic rings. The number of hydrogen-bond acceptors (Lipinski definition) is 4. The van der Waals surface area contributed by atoms with E-state index in [-0.39, 0.29) is 5.78 Å². The van der Waals surface area contributed by atoms with E-state index in [1.807, 2.05) is 72.1 Å². The maximum absolute atomic E-state index is 12.1. The van der Waals surface area contributed by atoms with Crippen LogP contribution in [0.3, 0.4) is 0 Å². The molecule has 0 unspecified atom stereocenters. The lowest BCUT2D eigenvalue weighted by Crippen LogP contribution is -2.18. The minimum atomic E-state index is 0.152. The van der Waals surface area contributed by atoms with Crippen molar-refractivity contribution in [1.29, 1.82) is 0 Å². The van der Waals surface area contributed by atoms with Gasteiger partial charge in [-0.3, -0.25) is 4.79 Å². The quantitative estimate of drug-likeness (QED) is 0.332. The summed E-state index contributed by atoms with van der Waals surface area (Å²) in [5, 5.41) is 8.76. The average molecular weight is 385 g/mol. The van der Waals surface area contributed by atoms with Gasteiger partial charge in [-0.25, -0.2) is 0 Å². The first-order valence-electron chi connectivity index (χ1n) is 7.63. The zero-order valence-electron chi connectivity index (χ0n) is 13.3. The molecule has 6 heteroatoms. The number of carbonyl (C=O) groups is 1. The van der Waals surface area contributed by atoms with Crippen molar-refractivity contribution in [2.24, 2.45) is 0 Å². The van der Waals surface area contributed by atoms with E-state index in [4.69, 9.17) is 12.2 Å². The molecular formula is C19H16N2OS3. The average Bonchev–Trinajstić information content (AvgIpc) is 3.15. The van der Waals surface area contributed by atoms with Crippen LogP contribution in [-0.4, -0.2) is 16.6 Å². The highest BCUT2D eigenvalue weighted by Crippen LogP contribution is 2.23. The highest BCUT2D eigenvalue weighted by atomic mass is 32.2. The van der Waals surface area contributed by atoms with Gasteiger partial charge in [-0.05, 0) is 54.0 Å². The first-order chi connectivity index (χ1) is 12.2. The van der Waals surface area contributed by atoms with Crippen LogP contribution in [0.15, 0.2) is 77.0 Å². The van der Waals surface area contributed by atoms with Gasteiger partial charge in [0.2, 0.25) is 0 Å². The minimum absolute atomic E-state index is 0.152. The van der Waals surface area contributed by atoms with Crippen LogP contribution in [0.2, 0.25) is 0 Å². The number of thiophene rings is 1. The lowest BCUT2D eigenvalue weighted by atomic mass is 10.3. The van der Waals surface area contributed by atoms with Crippen LogP contribution in [0.4, 0.5) is 11.4 Å². The van der Waals surface area contributed by atoms with Gasteiger partial charge in [0.05, 0.1) is 10.6 Å².